The van der Waals surface area contributed by atoms with Crippen molar-refractivity contribution in [1.29, 1.82) is 0 Å². The largest absolute Gasteiger partial charge is 0.423 e. The lowest BCUT2D eigenvalue weighted by molar-refractivity contribution is 0.470. The smallest absolute Gasteiger partial charge is 0.405 e. The first-order chi connectivity index (χ1) is 10.5. The Hall–Kier alpha value is 1.14. The minimum absolute atomic E-state index is 1.54. The first-order valence-corrected chi connectivity index (χ1v) is 28.7. The second-order valence-electron chi connectivity index (χ2n) is 12.3. The molecule has 0 aromatic carbocycles. The van der Waals surface area contributed by atoms with Crippen molar-refractivity contribution in [3.05, 3.63) is 0 Å². The molecule has 0 saturated carbocycles. The summed E-state index contributed by atoms with van der Waals surface area (Å²) in [6.45, 7) is 36.5. The molecule has 0 radical (unpaired) electrons. The van der Waals surface area contributed by atoms with Crippen LogP contribution in [0.2, 0.25) is 98.2 Å². The van der Waals surface area contributed by atoms with E-state index in [9.17, 15) is 0 Å². The van der Waals surface area contributed by atoms with Crippen LogP contribution in [-0.2, 0) is 4.12 Å². The molecule has 0 spiro atoms. The highest BCUT2D eigenvalue weighted by molar-refractivity contribution is 7.08. The summed E-state index contributed by atoms with van der Waals surface area (Å²) in [5.74, 6) is 0. The summed E-state index contributed by atoms with van der Waals surface area (Å²) < 4.78 is 18.6. The molecule has 0 rings (SSSR count). The number of hydrogen-bond acceptors (Lipinski definition) is 4. The van der Waals surface area contributed by atoms with Crippen LogP contribution in [0, 0.1) is 0 Å². The second-order valence-corrected chi connectivity index (χ2v) is 41.0. The summed E-state index contributed by atoms with van der Waals surface area (Å²) in [6.07, 6.45) is 0. The first-order valence-electron chi connectivity index (χ1n) is 9.58. The fraction of sp³-hybridized carbons (Fsp3) is 1.00. The summed E-state index contributed by atoms with van der Waals surface area (Å²) in [5, 5.41) is 0. The van der Waals surface area contributed by atoms with Crippen molar-refractivity contribution in [2.24, 2.45) is 0 Å². The third kappa shape index (κ3) is 9.76. The molecular weight excluding hydrogens is 407 g/mol. The Morgan fingerprint density at radius 1 is 0.520 bits per heavy atom. The van der Waals surface area contributed by atoms with Gasteiger partial charge in [0.2, 0.25) is 0 Å². The van der Waals surface area contributed by atoms with E-state index < -0.39 is 50.1 Å². The molecule has 4 nitrogen and oxygen atoms in total. The van der Waals surface area contributed by atoms with Crippen LogP contribution in [0.3, 0.4) is 0 Å². The van der Waals surface area contributed by atoms with Crippen LogP contribution < -0.4 is 9.30 Å². The average Bonchev–Trinajstić information content (AvgIpc) is 1.98. The lowest BCUT2D eigenvalue weighted by Gasteiger charge is -2.58. The third-order valence-electron chi connectivity index (χ3n) is 3.20. The van der Waals surface area contributed by atoms with Gasteiger partial charge >= 0.3 is 8.80 Å². The number of nitrogens with one attached hydrogen (secondary N) is 2. The van der Waals surface area contributed by atoms with E-state index in [0.29, 0.717) is 0 Å². The Morgan fingerprint density at radius 2 is 0.800 bits per heavy atom. The summed E-state index contributed by atoms with van der Waals surface area (Å²) in [5.41, 5.74) is 0. The van der Waals surface area contributed by atoms with Gasteiger partial charge in [-0.3, -0.25) is 0 Å². The van der Waals surface area contributed by atoms with Gasteiger partial charge in [-0.2, -0.15) is 0 Å². The molecule has 152 valence electrons. The topological polar surface area (TPSA) is 36.5 Å². The molecule has 2 N–H and O–H groups in total. The molecule has 0 unspecified atom stereocenters. The van der Waals surface area contributed by atoms with Crippen LogP contribution in [0.5, 0.6) is 0 Å². The minimum atomic E-state index is -2.46. The number of hydrogen-bond donors (Lipinski definition) is 2. The molecule has 0 heterocycles. The van der Waals surface area contributed by atoms with Gasteiger partial charge in [0, 0.05) is 0 Å². The van der Waals surface area contributed by atoms with Crippen molar-refractivity contribution in [1.82, 2.24) is 13.2 Å². The summed E-state index contributed by atoms with van der Waals surface area (Å²) in [7, 11) is -10.4. The molecule has 0 fully saturated rings. The fourth-order valence-electron chi connectivity index (χ4n) is 3.65. The normalized spacial score (nSPS) is 15.8. The summed E-state index contributed by atoms with van der Waals surface area (Å²) >= 11 is 0. The first kappa shape index (κ1) is 26.1. The predicted molar refractivity (Wildman–Crippen MR) is 132 cm³/mol. The van der Waals surface area contributed by atoms with E-state index in [4.69, 9.17) is 4.12 Å². The molecule has 0 saturated heterocycles. The fourth-order valence-corrected chi connectivity index (χ4v) is 37.2. The van der Waals surface area contributed by atoms with E-state index in [2.05, 4.69) is 111 Å². The predicted octanol–water partition coefficient (Wildman–Crippen LogP) is 5.09. The molecular formula is C15H47N3OSi6. The average molecular weight is 454 g/mol. The maximum absolute atomic E-state index is 7.21. The van der Waals surface area contributed by atoms with Gasteiger partial charge in [-0.05, 0) is 19.6 Å². The van der Waals surface area contributed by atoms with Gasteiger partial charge in [-0.1, -0.05) is 78.6 Å². The molecule has 0 aliphatic rings. The van der Waals surface area contributed by atoms with Crippen LogP contribution >= 0.6 is 0 Å². The van der Waals surface area contributed by atoms with Crippen molar-refractivity contribution in [3.8, 4) is 0 Å². The summed E-state index contributed by atoms with van der Waals surface area (Å²) in [4.78, 5) is 0. The van der Waals surface area contributed by atoms with Gasteiger partial charge in [-0.25, -0.2) is 0 Å². The molecule has 0 atom stereocenters. The Bertz CT molecular complexity index is 386. The van der Waals surface area contributed by atoms with E-state index >= 15 is 0 Å². The van der Waals surface area contributed by atoms with Crippen LogP contribution in [-0.4, -0.2) is 54.0 Å². The van der Waals surface area contributed by atoms with Gasteiger partial charge in [0.15, 0.2) is 8.32 Å². The Balaban J connectivity index is 6.66. The highest BCUT2D eigenvalue weighted by Gasteiger charge is 2.57. The van der Waals surface area contributed by atoms with E-state index in [1.807, 2.05) is 0 Å². The zero-order valence-corrected chi connectivity index (χ0v) is 25.9. The molecule has 10 heteroatoms. The molecule has 0 aromatic heterocycles. The van der Waals surface area contributed by atoms with E-state index in [-0.39, 0.29) is 0 Å². The van der Waals surface area contributed by atoms with E-state index in [1.165, 1.54) is 0 Å². The van der Waals surface area contributed by atoms with Gasteiger partial charge in [0.25, 0.3) is 0 Å². The molecule has 0 aromatic rings. The Labute approximate surface area is 165 Å². The number of rotatable bonds is 9. The standard InChI is InChI=1S/C15H47N3OSi6/c1-20(2,3)16-25(17-21(4,5)6,19-24(13,14)15)18(22(7,8)9)23(10,11)12/h16-17H,1-15H3. The van der Waals surface area contributed by atoms with Crippen molar-refractivity contribution < 1.29 is 4.12 Å². The zero-order chi connectivity index (χ0) is 20.7. The third-order valence-corrected chi connectivity index (χ3v) is 28.8. The Kier molecular flexibility index (Phi) is 8.23. The van der Waals surface area contributed by atoms with Crippen LogP contribution in [0.4, 0.5) is 0 Å². The van der Waals surface area contributed by atoms with Crippen molar-refractivity contribution in [3.63, 3.8) is 0 Å². The highest BCUT2D eigenvalue weighted by Crippen LogP contribution is 2.29. The van der Waals surface area contributed by atoms with Gasteiger partial charge in [0.05, 0.1) is 0 Å². The van der Waals surface area contributed by atoms with Gasteiger partial charge < -0.3 is 17.3 Å². The lowest BCUT2D eigenvalue weighted by atomic mass is 11.8. The quantitative estimate of drug-likeness (QED) is 0.476. The SMILES string of the molecule is C[Si](C)(C)N[Si](N[Si](C)(C)C)(O[Si](C)(C)C)N([Si](C)(C)C)[Si](C)(C)C. The lowest BCUT2D eigenvalue weighted by Crippen LogP contribution is -2.90. The van der Waals surface area contributed by atoms with Crippen molar-refractivity contribution in [2.45, 2.75) is 98.2 Å². The van der Waals surface area contributed by atoms with Crippen molar-refractivity contribution in [2.75, 3.05) is 0 Å². The molecule has 0 aliphatic carbocycles. The monoisotopic (exact) mass is 453 g/mol. The molecule has 0 bridgehead atoms. The van der Waals surface area contributed by atoms with Crippen LogP contribution in [0.25, 0.3) is 0 Å². The highest BCUT2D eigenvalue weighted by atomic mass is 28.5. The molecule has 0 aliphatic heterocycles. The van der Waals surface area contributed by atoms with Gasteiger partial charge in [0.1, 0.15) is 32.9 Å². The maximum atomic E-state index is 7.21. The summed E-state index contributed by atoms with van der Waals surface area (Å²) in [6, 6.07) is 0. The van der Waals surface area contributed by atoms with E-state index in [0.717, 1.165) is 0 Å². The van der Waals surface area contributed by atoms with Crippen LogP contribution in [0.15, 0.2) is 0 Å². The van der Waals surface area contributed by atoms with E-state index in [1.54, 1.807) is 0 Å². The van der Waals surface area contributed by atoms with Gasteiger partial charge in [-0.15, -0.1) is 0 Å². The second kappa shape index (κ2) is 7.87. The molecule has 0 amide bonds. The number of nitrogens with zero attached hydrogens (tertiary/aromatic N) is 1. The Morgan fingerprint density at radius 3 is 0.960 bits per heavy atom. The zero-order valence-electron chi connectivity index (χ0n) is 19.9. The van der Waals surface area contributed by atoms with Crippen LogP contribution in [0.1, 0.15) is 0 Å². The molecule has 25 heavy (non-hydrogen) atoms. The maximum Gasteiger partial charge on any atom is 0.405 e. The van der Waals surface area contributed by atoms with Crippen molar-refractivity contribution >= 4 is 50.1 Å². The minimum Gasteiger partial charge on any atom is -0.423 e.